The molecule has 0 heterocycles. The monoisotopic (exact) mass is 322 g/mol. The van der Waals surface area contributed by atoms with Crippen LogP contribution in [0.25, 0.3) is 0 Å². The zero-order valence-electron chi connectivity index (χ0n) is 9.68. The molecular weight excluding hydrogens is 308 g/mol. The van der Waals surface area contributed by atoms with Gasteiger partial charge in [0.25, 0.3) is 0 Å². The molecule has 0 amide bonds. The van der Waals surface area contributed by atoms with Crippen LogP contribution in [-0.4, -0.2) is 32.1 Å². The van der Waals surface area contributed by atoms with E-state index in [1.807, 2.05) is 0 Å². The third kappa shape index (κ3) is 5.06. The van der Waals surface area contributed by atoms with Crippen molar-refractivity contribution in [1.82, 2.24) is 0 Å². The van der Waals surface area contributed by atoms with Gasteiger partial charge in [-0.2, -0.15) is 0 Å². The Morgan fingerprint density at radius 3 is 2.65 bits per heavy atom. The van der Waals surface area contributed by atoms with Crippen molar-refractivity contribution in [3.63, 3.8) is 0 Å². The van der Waals surface area contributed by atoms with Crippen molar-refractivity contribution in [2.75, 3.05) is 18.6 Å². The lowest BCUT2D eigenvalue weighted by Crippen LogP contribution is -2.13. The van der Waals surface area contributed by atoms with E-state index in [4.69, 9.17) is 4.74 Å². The van der Waals surface area contributed by atoms with Crippen LogP contribution in [0.1, 0.15) is 18.6 Å². The van der Waals surface area contributed by atoms with Gasteiger partial charge in [-0.1, -0.05) is 15.9 Å². The van der Waals surface area contributed by atoms with E-state index < -0.39 is 15.9 Å². The van der Waals surface area contributed by atoms with Crippen LogP contribution < -0.4 is 4.74 Å². The maximum Gasteiger partial charge on any atom is 0.150 e. The summed E-state index contributed by atoms with van der Waals surface area (Å²) in [5.74, 6) is 0.467. The van der Waals surface area contributed by atoms with Crippen LogP contribution in [0, 0.1) is 0 Å². The minimum absolute atomic E-state index is 0.0394. The number of benzene rings is 1. The molecule has 4 nitrogen and oxygen atoms in total. The molecule has 1 aromatic carbocycles. The highest BCUT2D eigenvalue weighted by atomic mass is 79.9. The highest BCUT2D eigenvalue weighted by Crippen LogP contribution is 2.28. The van der Waals surface area contributed by atoms with Crippen molar-refractivity contribution in [3.8, 4) is 5.75 Å². The molecule has 0 aromatic heterocycles. The van der Waals surface area contributed by atoms with Crippen LogP contribution >= 0.6 is 15.9 Å². The molecule has 0 spiro atoms. The predicted octanol–water partition coefficient (Wildman–Crippen LogP) is 1.93. The van der Waals surface area contributed by atoms with E-state index in [0.29, 0.717) is 11.3 Å². The Labute approximate surface area is 110 Å². The van der Waals surface area contributed by atoms with Gasteiger partial charge in [-0.25, -0.2) is 8.42 Å². The average Bonchev–Trinajstić information content (AvgIpc) is 2.18. The number of aliphatic hydroxyl groups excluding tert-OH is 1. The van der Waals surface area contributed by atoms with Crippen molar-refractivity contribution >= 4 is 25.8 Å². The number of aliphatic hydroxyl groups is 1. The van der Waals surface area contributed by atoms with Gasteiger partial charge in [-0.15, -0.1) is 0 Å². The number of hydrogen-bond donors (Lipinski definition) is 1. The Morgan fingerprint density at radius 2 is 2.12 bits per heavy atom. The number of sulfone groups is 1. The maximum atomic E-state index is 11.0. The third-order valence-corrected chi connectivity index (χ3v) is 3.54. The summed E-state index contributed by atoms with van der Waals surface area (Å²) < 4.78 is 28.1. The Balaban J connectivity index is 2.77. The summed E-state index contributed by atoms with van der Waals surface area (Å²) in [6.07, 6.45) is 0.494. The highest BCUT2D eigenvalue weighted by molar-refractivity contribution is 9.10. The maximum absolute atomic E-state index is 11.0. The SMILES string of the molecule is C[C@H](O)c1cc(Br)ccc1OCCS(C)(=O)=O. The fourth-order valence-corrected chi connectivity index (χ4v) is 2.05. The van der Waals surface area contributed by atoms with Crippen LogP contribution in [0.3, 0.4) is 0 Å². The lowest BCUT2D eigenvalue weighted by Gasteiger charge is -2.13. The minimum atomic E-state index is -3.03. The zero-order chi connectivity index (χ0) is 13.1. The molecule has 1 aromatic rings. The van der Waals surface area contributed by atoms with E-state index in [0.717, 1.165) is 10.7 Å². The molecule has 1 N–H and O–H groups in total. The smallest absolute Gasteiger partial charge is 0.150 e. The molecule has 0 saturated heterocycles. The number of hydrogen-bond acceptors (Lipinski definition) is 4. The lowest BCUT2D eigenvalue weighted by atomic mass is 10.1. The fraction of sp³-hybridized carbons (Fsp3) is 0.455. The third-order valence-electron chi connectivity index (χ3n) is 2.13. The molecule has 0 radical (unpaired) electrons. The van der Waals surface area contributed by atoms with Crippen LogP contribution in [0.5, 0.6) is 5.75 Å². The Kier molecular flexibility index (Phi) is 4.97. The first-order valence-corrected chi connectivity index (χ1v) is 7.93. The second-order valence-corrected chi connectivity index (χ2v) is 7.01. The molecule has 0 aliphatic heterocycles. The summed E-state index contributed by atoms with van der Waals surface area (Å²) in [6.45, 7) is 1.71. The van der Waals surface area contributed by atoms with Gasteiger partial charge in [0, 0.05) is 16.3 Å². The second-order valence-electron chi connectivity index (χ2n) is 3.84. The minimum Gasteiger partial charge on any atom is -0.492 e. The first-order valence-electron chi connectivity index (χ1n) is 5.07. The van der Waals surface area contributed by atoms with Crippen molar-refractivity contribution < 1.29 is 18.3 Å². The summed E-state index contributed by atoms with van der Waals surface area (Å²) in [6, 6.07) is 5.23. The molecule has 6 heteroatoms. The molecular formula is C11H15BrO4S. The standard InChI is InChI=1S/C11H15BrO4S/c1-8(13)10-7-9(12)3-4-11(10)16-5-6-17(2,14)15/h3-4,7-8,13H,5-6H2,1-2H3/t8-/m0/s1. The second kappa shape index (κ2) is 5.84. The normalized spacial score (nSPS) is 13.4. The predicted molar refractivity (Wildman–Crippen MR) is 70.0 cm³/mol. The van der Waals surface area contributed by atoms with Crippen molar-refractivity contribution in [2.45, 2.75) is 13.0 Å². The largest absolute Gasteiger partial charge is 0.492 e. The Morgan fingerprint density at radius 1 is 1.47 bits per heavy atom. The van der Waals surface area contributed by atoms with Gasteiger partial charge in [0.2, 0.25) is 0 Å². The lowest BCUT2D eigenvalue weighted by molar-refractivity contribution is 0.192. The van der Waals surface area contributed by atoms with Gasteiger partial charge in [-0.3, -0.25) is 0 Å². The molecule has 0 saturated carbocycles. The fourth-order valence-electron chi connectivity index (χ4n) is 1.28. The number of rotatable bonds is 5. The van der Waals surface area contributed by atoms with Gasteiger partial charge in [0.1, 0.15) is 12.4 Å². The van der Waals surface area contributed by atoms with Gasteiger partial charge in [0.15, 0.2) is 9.84 Å². The first kappa shape index (κ1) is 14.5. The molecule has 0 aliphatic carbocycles. The Bertz CT molecular complexity index is 482. The molecule has 0 fully saturated rings. The van der Waals surface area contributed by atoms with Gasteiger partial charge >= 0.3 is 0 Å². The molecule has 0 bridgehead atoms. The molecule has 1 atom stereocenters. The highest BCUT2D eigenvalue weighted by Gasteiger charge is 2.11. The molecule has 17 heavy (non-hydrogen) atoms. The van der Waals surface area contributed by atoms with E-state index in [1.165, 1.54) is 0 Å². The summed E-state index contributed by atoms with van der Waals surface area (Å²) in [5.41, 5.74) is 0.632. The van der Waals surface area contributed by atoms with E-state index in [1.54, 1.807) is 25.1 Å². The van der Waals surface area contributed by atoms with Crippen molar-refractivity contribution in [2.24, 2.45) is 0 Å². The summed E-state index contributed by atoms with van der Waals surface area (Å²) in [4.78, 5) is 0. The topological polar surface area (TPSA) is 63.6 Å². The zero-order valence-corrected chi connectivity index (χ0v) is 12.1. The Hall–Kier alpha value is -0.590. The average molecular weight is 323 g/mol. The van der Waals surface area contributed by atoms with E-state index in [2.05, 4.69) is 15.9 Å². The van der Waals surface area contributed by atoms with Crippen molar-refractivity contribution in [1.29, 1.82) is 0 Å². The summed E-state index contributed by atoms with van der Waals surface area (Å²) >= 11 is 3.30. The molecule has 1 rings (SSSR count). The van der Waals surface area contributed by atoms with E-state index >= 15 is 0 Å². The van der Waals surface area contributed by atoms with E-state index in [-0.39, 0.29) is 12.4 Å². The number of ether oxygens (including phenoxy) is 1. The van der Waals surface area contributed by atoms with Gasteiger partial charge < -0.3 is 9.84 Å². The first-order chi connectivity index (χ1) is 7.79. The van der Waals surface area contributed by atoms with Crippen LogP contribution in [0.2, 0.25) is 0 Å². The van der Waals surface area contributed by atoms with Crippen LogP contribution in [0.15, 0.2) is 22.7 Å². The molecule has 0 aliphatic rings. The van der Waals surface area contributed by atoms with Gasteiger partial charge in [-0.05, 0) is 25.1 Å². The molecule has 0 unspecified atom stereocenters. The summed E-state index contributed by atoms with van der Waals surface area (Å²) in [5, 5.41) is 9.57. The molecule has 96 valence electrons. The van der Waals surface area contributed by atoms with Crippen LogP contribution in [-0.2, 0) is 9.84 Å². The quantitative estimate of drug-likeness (QED) is 0.899. The van der Waals surface area contributed by atoms with Crippen molar-refractivity contribution in [3.05, 3.63) is 28.2 Å². The van der Waals surface area contributed by atoms with Crippen LogP contribution in [0.4, 0.5) is 0 Å². The number of halogens is 1. The van der Waals surface area contributed by atoms with E-state index in [9.17, 15) is 13.5 Å². The summed E-state index contributed by atoms with van der Waals surface area (Å²) in [7, 11) is -3.03. The van der Waals surface area contributed by atoms with Gasteiger partial charge in [0.05, 0.1) is 11.9 Å².